The summed E-state index contributed by atoms with van der Waals surface area (Å²) in [4.78, 5) is 26.2. The molecule has 1 aromatic carbocycles. The topological polar surface area (TPSA) is 78.7 Å². The van der Waals surface area contributed by atoms with E-state index in [9.17, 15) is 14.9 Å². The summed E-state index contributed by atoms with van der Waals surface area (Å²) in [7, 11) is 3.50. The highest BCUT2D eigenvalue weighted by molar-refractivity contribution is 5.81. The first-order valence-corrected chi connectivity index (χ1v) is 6.88. The first-order chi connectivity index (χ1) is 9.99. The zero-order valence-corrected chi connectivity index (χ0v) is 12.3. The molecule has 114 valence electrons. The number of likely N-dealkylation sites (N-methyl/N-ethyl adjacent to an activating group) is 1. The third-order valence-electron chi connectivity index (χ3n) is 3.61. The molecular formula is C14H20N4O3. The van der Waals surface area contributed by atoms with Gasteiger partial charge in [0.2, 0.25) is 5.91 Å². The van der Waals surface area contributed by atoms with Crippen LogP contribution in [0.5, 0.6) is 0 Å². The minimum atomic E-state index is -0.410. The van der Waals surface area contributed by atoms with E-state index in [4.69, 9.17) is 0 Å². The maximum atomic E-state index is 12.2. The molecule has 1 fully saturated rings. The summed E-state index contributed by atoms with van der Waals surface area (Å²) in [5, 5.41) is 13.9. The van der Waals surface area contributed by atoms with Gasteiger partial charge < -0.3 is 10.2 Å². The van der Waals surface area contributed by atoms with Crippen LogP contribution >= 0.6 is 0 Å². The molecule has 0 saturated carbocycles. The number of nitrogens with zero attached hydrogens (tertiary/aromatic N) is 3. The Morgan fingerprint density at radius 2 is 2.10 bits per heavy atom. The third-order valence-corrected chi connectivity index (χ3v) is 3.61. The molecule has 0 aromatic heterocycles. The second-order valence-electron chi connectivity index (χ2n) is 5.35. The van der Waals surface area contributed by atoms with Crippen molar-refractivity contribution >= 4 is 11.6 Å². The molecule has 7 nitrogen and oxygen atoms in total. The minimum Gasteiger partial charge on any atom is -0.347 e. The maximum Gasteiger partial charge on any atom is 0.269 e. The van der Waals surface area contributed by atoms with E-state index >= 15 is 0 Å². The van der Waals surface area contributed by atoms with Crippen LogP contribution in [0.1, 0.15) is 5.56 Å². The molecule has 2 rings (SSSR count). The number of nitro benzene ring substituents is 1. The number of nitro groups is 1. The average Bonchev–Trinajstić information content (AvgIpc) is 2.47. The van der Waals surface area contributed by atoms with Crippen molar-refractivity contribution in [3.8, 4) is 0 Å². The molecule has 7 heteroatoms. The van der Waals surface area contributed by atoms with Crippen molar-refractivity contribution < 1.29 is 9.72 Å². The Morgan fingerprint density at radius 1 is 1.43 bits per heavy atom. The lowest BCUT2D eigenvalue weighted by atomic mass is 10.1. The van der Waals surface area contributed by atoms with E-state index in [0.29, 0.717) is 13.1 Å². The quantitative estimate of drug-likeness (QED) is 0.644. The lowest BCUT2D eigenvalue weighted by Gasteiger charge is -2.36. The highest BCUT2D eigenvalue weighted by Crippen LogP contribution is 2.16. The summed E-state index contributed by atoms with van der Waals surface area (Å²) in [5.74, 6) is 0.0733. The standard InChI is InChI=1S/C14H20N4O3/c1-16(2)14(19)13-9-15-7-8-17(13)10-11-3-5-12(6-4-11)18(20)21/h3-6,13,15H,7-10H2,1-2H3. The van der Waals surface area contributed by atoms with Gasteiger partial charge >= 0.3 is 0 Å². The minimum absolute atomic E-state index is 0.0733. The summed E-state index contributed by atoms with van der Waals surface area (Å²) < 4.78 is 0. The van der Waals surface area contributed by atoms with Crippen molar-refractivity contribution in [1.29, 1.82) is 0 Å². The summed E-state index contributed by atoms with van der Waals surface area (Å²) in [6.07, 6.45) is 0. The number of hydrogen-bond donors (Lipinski definition) is 1. The van der Waals surface area contributed by atoms with Gasteiger partial charge in [0, 0.05) is 52.4 Å². The molecule has 0 aliphatic carbocycles. The molecule has 1 atom stereocenters. The number of carbonyl (C=O) groups is 1. The van der Waals surface area contributed by atoms with Crippen molar-refractivity contribution in [2.24, 2.45) is 0 Å². The molecule has 1 aliphatic heterocycles. The largest absolute Gasteiger partial charge is 0.347 e. The number of piperazine rings is 1. The Labute approximate surface area is 123 Å². The lowest BCUT2D eigenvalue weighted by molar-refractivity contribution is -0.384. The predicted molar refractivity (Wildman–Crippen MR) is 78.9 cm³/mol. The Morgan fingerprint density at radius 3 is 2.67 bits per heavy atom. The van der Waals surface area contributed by atoms with Crippen LogP contribution in [0.3, 0.4) is 0 Å². The van der Waals surface area contributed by atoms with E-state index in [1.165, 1.54) is 12.1 Å². The smallest absolute Gasteiger partial charge is 0.269 e. The molecule has 21 heavy (non-hydrogen) atoms. The van der Waals surface area contributed by atoms with Crippen LogP contribution < -0.4 is 5.32 Å². The molecule has 1 aliphatic rings. The van der Waals surface area contributed by atoms with Crippen LogP contribution in [0.2, 0.25) is 0 Å². The molecular weight excluding hydrogens is 272 g/mol. The summed E-state index contributed by atoms with van der Waals surface area (Å²) in [6.45, 7) is 2.86. The fourth-order valence-corrected chi connectivity index (χ4v) is 2.43. The van der Waals surface area contributed by atoms with Gasteiger partial charge in [-0.3, -0.25) is 19.8 Å². The van der Waals surface area contributed by atoms with E-state index in [1.54, 1.807) is 31.1 Å². The van der Waals surface area contributed by atoms with Crippen LogP contribution in [-0.2, 0) is 11.3 Å². The first kappa shape index (κ1) is 15.4. The summed E-state index contributed by atoms with van der Waals surface area (Å²) in [5.41, 5.74) is 1.05. The number of benzene rings is 1. The van der Waals surface area contributed by atoms with Crippen molar-refractivity contribution in [2.75, 3.05) is 33.7 Å². The molecule has 1 unspecified atom stereocenters. The van der Waals surface area contributed by atoms with Crippen molar-refractivity contribution in [3.63, 3.8) is 0 Å². The number of hydrogen-bond acceptors (Lipinski definition) is 5. The van der Waals surface area contributed by atoms with E-state index in [0.717, 1.165) is 18.7 Å². The molecule has 0 bridgehead atoms. The van der Waals surface area contributed by atoms with E-state index in [-0.39, 0.29) is 17.6 Å². The van der Waals surface area contributed by atoms with E-state index in [2.05, 4.69) is 10.2 Å². The van der Waals surface area contributed by atoms with Gasteiger partial charge in [-0.15, -0.1) is 0 Å². The Balaban J connectivity index is 2.08. The molecule has 1 N–H and O–H groups in total. The lowest BCUT2D eigenvalue weighted by Crippen LogP contribution is -2.57. The maximum absolute atomic E-state index is 12.2. The van der Waals surface area contributed by atoms with Crippen LogP contribution in [0, 0.1) is 10.1 Å². The number of non-ortho nitro benzene ring substituents is 1. The van der Waals surface area contributed by atoms with Gasteiger partial charge in [0.15, 0.2) is 0 Å². The summed E-state index contributed by atoms with van der Waals surface area (Å²) in [6, 6.07) is 6.30. The van der Waals surface area contributed by atoms with Gasteiger partial charge in [-0.25, -0.2) is 0 Å². The van der Waals surface area contributed by atoms with Gasteiger partial charge in [-0.2, -0.15) is 0 Å². The Bertz CT molecular complexity index is 515. The molecule has 1 heterocycles. The number of rotatable bonds is 4. The molecule has 0 spiro atoms. The van der Waals surface area contributed by atoms with Crippen molar-refractivity contribution in [1.82, 2.24) is 15.1 Å². The van der Waals surface area contributed by atoms with Crippen molar-refractivity contribution in [3.05, 3.63) is 39.9 Å². The SMILES string of the molecule is CN(C)C(=O)C1CNCCN1Cc1ccc([N+](=O)[O-])cc1. The zero-order valence-electron chi connectivity index (χ0n) is 12.3. The van der Waals surface area contributed by atoms with Gasteiger partial charge in [0.1, 0.15) is 6.04 Å². The fraction of sp³-hybridized carbons (Fsp3) is 0.500. The highest BCUT2D eigenvalue weighted by atomic mass is 16.6. The number of nitrogens with one attached hydrogen (secondary N) is 1. The van der Waals surface area contributed by atoms with Crippen LogP contribution in [0.4, 0.5) is 5.69 Å². The summed E-state index contributed by atoms with van der Waals surface area (Å²) >= 11 is 0. The van der Waals surface area contributed by atoms with Gasteiger partial charge in [0.05, 0.1) is 4.92 Å². The number of carbonyl (C=O) groups excluding carboxylic acids is 1. The van der Waals surface area contributed by atoms with E-state index in [1.807, 2.05) is 0 Å². The number of amides is 1. The normalized spacial score (nSPS) is 19.2. The average molecular weight is 292 g/mol. The van der Waals surface area contributed by atoms with Gasteiger partial charge in [-0.05, 0) is 5.56 Å². The van der Waals surface area contributed by atoms with E-state index < -0.39 is 4.92 Å². The second kappa shape index (κ2) is 6.64. The predicted octanol–water partition coefficient (Wildman–Crippen LogP) is 0.457. The van der Waals surface area contributed by atoms with Crippen LogP contribution in [0.25, 0.3) is 0 Å². The zero-order chi connectivity index (χ0) is 15.4. The highest BCUT2D eigenvalue weighted by Gasteiger charge is 2.29. The van der Waals surface area contributed by atoms with Crippen LogP contribution in [0.15, 0.2) is 24.3 Å². The Hall–Kier alpha value is -1.99. The first-order valence-electron chi connectivity index (χ1n) is 6.88. The second-order valence-corrected chi connectivity index (χ2v) is 5.35. The van der Waals surface area contributed by atoms with Gasteiger partial charge in [-0.1, -0.05) is 12.1 Å². The molecule has 1 saturated heterocycles. The molecule has 1 aromatic rings. The molecule has 1 amide bonds. The molecule has 0 radical (unpaired) electrons. The van der Waals surface area contributed by atoms with Crippen molar-refractivity contribution in [2.45, 2.75) is 12.6 Å². The Kier molecular flexibility index (Phi) is 4.87. The van der Waals surface area contributed by atoms with Gasteiger partial charge in [0.25, 0.3) is 5.69 Å². The van der Waals surface area contributed by atoms with Crippen LogP contribution in [-0.4, -0.2) is 60.4 Å². The monoisotopic (exact) mass is 292 g/mol. The third kappa shape index (κ3) is 3.77. The fourth-order valence-electron chi connectivity index (χ4n) is 2.43.